The van der Waals surface area contributed by atoms with Gasteiger partial charge in [-0.25, -0.2) is 8.78 Å². The van der Waals surface area contributed by atoms with Gasteiger partial charge in [-0.15, -0.1) is 0 Å². The first kappa shape index (κ1) is 10.6. The van der Waals surface area contributed by atoms with Crippen LogP contribution in [0.2, 0.25) is 0 Å². The van der Waals surface area contributed by atoms with Gasteiger partial charge in [0.25, 0.3) is 0 Å². The molecule has 0 aliphatic rings. The largest absolute Gasteiger partial charge is 0.508 e. The summed E-state index contributed by atoms with van der Waals surface area (Å²) in [5.41, 5.74) is 1.60. The molecule has 1 nitrogen and oxygen atoms in total. The second kappa shape index (κ2) is 3.93. The number of benzene rings is 2. The van der Waals surface area contributed by atoms with E-state index in [1.807, 2.05) is 0 Å². The Balaban J connectivity index is 2.54. The quantitative estimate of drug-likeness (QED) is 0.777. The molecule has 0 radical (unpaired) electrons. The Bertz CT molecular complexity index is 535. The topological polar surface area (TPSA) is 20.2 Å². The van der Waals surface area contributed by atoms with Crippen molar-refractivity contribution in [3.05, 3.63) is 53.6 Å². The molecular formula is C13H10F2O. The van der Waals surface area contributed by atoms with Crippen molar-refractivity contribution >= 4 is 0 Å². The first-order valence-corrected chi connectivity index (χ1v) is 4.83. The number of hydrogen-bond acceptors (Lipinski definition) is 1. The maximum Gasteiger partial charge on any atom is 0.133 e. The maximum atomic E-state index is 13.5. The molecule has 82 valence electrons. The summed E-state index contributed by atoms with van der Waals surface area (Å²) >= 11 is 0. The molecule has 0 unspecified atom stereocenters. The van der Waals surface area contributed by atoms with E-state index in [0.29, 0.717) is 16.7 Å². The standard InChI is InChI=1S/C13H10F2O/c1-8-6-9(2-5-13(8)16)11-4-3-10(14)7-12(11)15/h2-7,16H,1H3. The van der Waals surface area contributed by atoms with Crippen molar-refractivity contribution in [3.8, 4) is 16.9 Å². The molecule has 0 aromatic heterocycles. The number of rotatable bonds is 1. The zero-order chi connectivity index (χ0) is 11.7. The van der Waals surface area contributed by atoms with Crippen molar-refractivity contribution in [2.45, 2.75) is 6.92 Å². The SMILES string of the molecule is Cc1cc(-c2ccc(F)cc2F)ccc1O. The molecule has 0 heterocycles. The van der Waals surface area contributed by atoms with Crippen LogP contribution in [0.4, 0.5) is 8.78 Å². The lowest BCUT2D eigenvalue weighted by atomic mass is 10.0. The minimum absolute atomic E-state index is 0.159. The summed E-state index contributed by atoms with van der Waals surface area (Å²) in [6.45, 7) is 1.72. The van der Waals surface area contributed by atoms with E-state index in [1.54, 1.807) is 19.1 Å². The monoisotopic (exact) mass is 220 g/mol. The number of phenols is 1. The van der Waals surface area contributed by atoms with E-state index < -0.39 is 11.6 Å². The van der Waals surface area contributed by atoms with Gasteiger partial charge >= 0.3 is 0 Å². The van der Waals surface area contributed by atoms with E-state index in [9.17, 15) is 13.9 Å². The second-order valence-electron chi connectivity index (χ2n) is 3.63. The highest BCUT2D eigenvalue weighted by atomic mass is 19.1. The molecule has 0 saturated carbocycles. The number of aryl methyl sites for hydroxylation is 1. The highest BCUT2D eigenvalue weighted by Gasteiger charge is 2.07. The summed E-state index contributed by atoms with van der Waals surface area (Å²) < 4.78 is 26.2. The van der Waals surface area contributed by atoms with Crippen molar-refractivity contribution in [2.24, 2.45) is 0 Å². The lowest BCUT2D eigenvalue weighted by Gasteiger charge is -2.06. The first-order valence-electron chi connectivity index (χ1n) is 4.83. The zero-order valence-electron chi connectivity index (χ0n) is 8.67. The van der Waals surface area contributed by atoms with E-state index in [-0.39, 0.29) is 5.75 Å². The molecule has 2 aromatic carbocycles. The van der Waals surface area contributed by atoms with Crippen LogP contribution in [-0.2, 0) is 0 Å². The maximum absolute atomic E-state index is 13.5. The van der Waals surface area contributed by atoms with Crippen molar-refractivity contribution in [1.29, 1.82) is 0 Å². The summed E-state index contributed by atoms with van der Waals surface area (Å²) in [6, 6.07) is 8.19. The van der Waals surface area contributed by atoms with E-state index >= 15 is 0 Å². The Morgan fingerprint density at radius 2 is 1.75 bits per heavy atom. The fourth-order valence-electron chi connectivity index (χ4n) is 1.55. The third-order valence-corrected chi connectivity index (χ3v) is 2.44. The molecule has 0 spiro atoms. The summed E-state index contributed by atoms with van der Waals surface area (Å²) in [5, 5.41) is 9.35. The highest BCUT2D eigenvalue weighted by molar-refractivity contribution is 5.66. The zero-order valence-corrected chi connectivity index (χ0v) is 8.67. The molecule has 0 aliphatic carbocycles. The predicted molar refractivity (Wildman–Crippen MR) is 58.2 cm³/mol. The van der Waals surface area contributed by atoms with Gasteiger partial charge in [0.2, 0.25) is 0 Å². The minimum Gasteiger partial charge on any atom is -0.508 e. The van der Waals surface area contributed by atoms with Crippen LogP contribution in [0.1, 0.15) is 5.56 Å². The average Bonchev–Trinajstić information content (AvgIpc) is 2.22. The molecule has 1 N–H and O–H groups in total. The van der Waals surface area contributed by atoms with Gasteiger partial charge in [-0.05, 0) is 42.3 Å². The van der Waals surface area contributed by atoms with Crippen LogP contribution < -0.4 is 0 Å². The third-order valence-electron chi connectivity index (χ3n) is 2.44. The number of halogens is 2. The molecule has 0 amide bonds. The molecule has 0 aliphatic heterocycles. The summed E-state index contributed by atoms with van der Waals surface area (Å²) in [5.74, 6) is -1.05. The summed E-state index contributed by atoms with van der Waals surface area (Å²) in [7, 11) is 0. The van der Waals surface area contributed by atoms with E-state index in [0.717, 1.165) is 6.07 Å². The van der Waals surface area contributed by atoms with Crippen molar-refractivity contribution in [2.75, 3.05) is 0 Å². The van der Waals surface area contributed by atoms with Crippen LogP contribution in [-0.4, -0.2) is 5.11 Å². The van der Waals surface area contributed by atoms with Crippen molar-refractivity contribution in [1.82, 2.24) is 0 Å². The van der Waals surface area contributed by atoms with Crippen LogP contribution in [0.5, 0.6) is 5.75 Å². The Kier molecular flexibility index (Phi) is 2.60. The Hall–Kier alpha value is -1.90. The van der Waals surface area contributed by atoms with Crippen molar-refractivity contribution < 1.29 is 13.9 Å². The number of hydrogen-bond donors (Lipinski definition) is 1. The fraction of sp³-hybridized carbons (Fsp3) is 0.0769. The molecule has 0 saturated heterocycles. The van der Waals surface area contributed by atoms with E-state index in [4.69, 9.17) is 0 Å². The average molecular weight is 220 g/mol. The lowest BCUT2D eigenvalue weighted by molar-refractivity contribution is 0.471. The van der Waals surface area contributed by atoms with E-state index in [2.05, 4.69) is 0 Å². The molecule has 0 bridgehead atoms. The normalized spacial score (nSPS) is 10.4. The Morgan fingerprint density at radius 3 is 2.38 bits per heavy atom. The van der Waals surface area contributed by atoms with Crippen LogP contribution >= 0.6 is 0 Å². The van der Waals surface area contributed by atoms with Crippen molar-refractivity contribution in [3.63, 3.8) is 0 Å². The molecule has 0 fully saturated rings. The number of phenolic OH excluding ortho intramolecular Hbond substituents is 1. The smallest absolute Gasteiger partial charge is 0.133 e. The Morgan fingerprint density at radius 1 is 1.00 bits per heavy atom. The van der Waals surface area contributed by atoms with Crippen LogP contribution in [0.15, 0.2) is 36.4 Å². The Labute approximate surface area is 92.0 Å². The van der Waals surface area contributed by atoms with Gasteiger partial charge in [-0.2, -0.15) is 0 Å². The van der Waals surface area contributed by atoms with Gasteiger partial charge in [0.15, 0.2) is 0 Å². The first-order chi connectivity index (χ1) is 7.58. The van der Waals surface area contributed by atoms with Gasteiger partial charge < -0.3 is 5.11 Å². The van der Waals surface area contributed by atoms with E-state index in [1.165, 1.54) is 18.2 Å². The van der Waals surface area contributed by atoms with Gasteiger partial charge in [-0.1, -0.05) is 6.07 Å². The molecular weight excluding hydrogens is 210 g/mol. The summed E-state index contributed by atoms with van der Waals surface area (Å²) in [4.78, 5) is 0. The molecule has 3 heteroatoms. The lowest BCUT2D eigenvalue weighted by Crippen LogP contribution is -1.87. The third kappa shape index (κ3) is 1.89. The summed E-state index contributed by atoms with van der Waals surface area (Å²) in [6.07, 6.45) is 0. The molecule has 0 atom stereocenters. The van der Waals surface area contributed by atoms with Gasteiger partial charge in [0, 0.05) is 11.6 Å². The molecule has 2 rings (SSSR count). The van der Waals surface area contributed by atoms with Gasteiger partial charge in [0.05, 0.1) is 0 Å². The van der Waals surface area contributed by atoms with Gasteiger partial charge in [-0.3, -0.25) is 0 Å². The molecule has 16 heavy (non-hydrogen) atoms. The minimum atomic E-state index is -0.606. The van der Waals surface area contributed by atoms with Crippen LogP contribution in [0, 0.1) is 18.6 Å². The molecule has 2 aromatic rings. The van der Waals surface area contributed by atoms with Crippen LogP contribution in [0.25, 0.3) is 11.1 Å². The predicted octanol–water partition coefficient (Wildman–Crippen LogP) is 3.65. The van der Waals surface area contributed by atoms with Gasteiger partial charge in [0.1, 0.15) is 17.4 Å². The second-order valence-corrected chi connectivity index (χ2v) is 3.63. The number of aromatic hydroxyl groups is 1. The van der Waals surface area contributed by atoms with Crippen LogP contribution in [0.3, 0.4) is 0 Å². The fourth-order valence-corrected chi connectivity index (χ4v) is 1.55. The highest BCUT2D eigenvalue weighted by Crippen LogP contribution is 2.27.